The number of hydrogen-bond acceptors (Lipinski definition) is 7. The first-order chi connectivity index (χ1) is 14.5. The van der Waals surface area contributed by atoms with Crippen LogP contribution in [0.15, 0.2) is 36.4 Å². The van der Waals surface area contributed by atoms with Gasteiger partial charge < -0.3 is 26.0 Å². The molecule has 0 aliphatic carbocycles. The van der Waals surface area contributed by atoms with E-state index in [1.807, 2.05) is 0 Å². The number of carbonyl (C=O) groups excluding carboxylic acids is 1. The fourth-order valence-electron chi connectivity index (χ4n) is 2.88. The predicted molar refractivity (Wildman–Crippen MR) is 111 cm³/mol. The van der Waals surface area contributed by atoms with Crippen LogP contribution < -0.4 is 16.4 Å². The summed E-state index contributed by atoms with van der Waals surface area (Å²) in [4.78, 5) is 16.5. The minimum absolute atomic E-state index is 0.0491. The van der Waals surface area contributed by atoms with Crippen molar-refractivity contribution < 1.29 is 28.5 Å². The smallest absolute Gasteiger partial charge is 0.320 e. The lowest BCUT2D eigenvalue weighted by molar-refractivity contribution is 0.0415. The Balaban J connectivity index is 2.21. The molecule has 2 aromatic rings. The van der Waals surface area contributed by atoms with Gasteiger partial charge in [0.1, 0.15) is 5.82 Å². The normalized spacial score (nSPS) is 12.4. The number of alkyl halides is 2. The van der Waals surface area contributed by atoms with E-state index >= 15 is 0 Å². The molecule has 2 amide bonds. The number of aliphatic hydroxyl groups excluding tert-OH is 1. The van der Waals surface area contributed by atoms with E-state index in [-0.39, 0.29) is 22.8 Å². The third kappa shape index (κ3) is 6.59. The molecule has 0 aliphatic heterocycles. The lowest BCUT2D eigenvalue weighted by atomic mass is 9.92. The van der Waals surface area contributed by atoms with Gasteiger partial charge in [0.05, 0.1) is 29.5 Å². The largest absolute Gasteiger partial charge is 0.471 e. The number of carbonyl (C=O) groups is 1. The second kappa shape index (κ2) is 10.1. The summed E-state index contributed by atoms with van der Waals surface area (Å²) in [5.74, 6) is -0.719. The van der Waals surface area contributed by atoms with E-state index < -0.39 is 43.2 Å². The van der Waals surface area contributed by atoms with Crippen LogP contribution in [0, 0.1) is 5.41 Å². The highest BCUT2D eigenvalue weighted by Gasteiger charge is 2.30. The van der Waals surface area contributed by atoms with Crippen LogP contribution in [-0.4, -0.2) is 45.8 Å². The molecular formula is C20H25F2N5O4. The molecule has 0 aliphatic rings. The molecular weight excluding hydrogens is 412 g/mol. The van der Waals surface area contributed by atoms with Crippen molar-refractivity contribution in [3.63, 3.8) is 0 Å². The van der Waals surface area contributed by atoms with Gasteiger partial charge in [0.15, 0.2) is 6.61 Å². The Bertz CT molecular complexity index is 920. The fraction of sp³-hybridized carbons (Fsp3) is 0.350. The molecule has 1 aromatic carbocycles. The van der Waals surface area contributed by atoms with Gasteiger partial charge in [-0.25, -0.2) is 18.6 Å². The monoisotopic (exact) mass is 437 g/mol. The van der Waals surface area contributed by atoms with Gasteiger partial charge in [0.25, 0.3) is 6.43 Å². The van der Waals surface area contributed by atoms with Gasteiger partial charge in [-0.2, -0.15) is 0 Å². The van der Waals surface area contributed by atoms with E-state index in [1.165, 1.54) is 6.07 Å². The second-order valence-corrected chi connectivity index (χ2v) is 7.20. The van der Waals surface area contributed by atoms with Crippen LogP contribution in [-0.2, 0) is 11.3 Å². The van der Waals surface area contributed by atoms with E-state index in [0.717, 1.165) is 0 Å². The quantitative estimate of drug-likeness (QED) is 0.275. The summed E-state index contributed by atoms with van der Waals surface area (Å²) in [7, 11) is 0. The number of hydrogen-bond donors (Lipinski definition) is 6. The fourth-order valence-corrected chi connectivity index (χ4v) is 2.88. The second-order valence-electron chi connectivity index (χ2n) is 7.20. The minimum Gasteiger partial charge on any atom is -0.471 e. The van der Waals surface area contributed by atoms with Crippen molar-refractivity contribution in [1.29, 1.82) is 5.41 Å². The molecule has 7 N–H and O–H groups in total. The molecule has 31 heavy (non-hydrogen) atoms. The van der Waals surface area contributed by atoms with Gasteiger partial charge in [0.2, 0.25) is 5.90 Å². The van der Waals surface area contributed by atoms with Gasteiger partial charge in [-0.05, 0) is 19.4 Å². The number of nitrogen functional groups attached to an aromatic ring is 1. The number of ether oxygens (including phenoxy) is 1. The zero-order valence-corrected chi connectivity index (χ0v) is 17.0. The van der Waals surface area contributed by atoms with Crippen LogP contribution in [0.5, 0.6) is 0 Å². The molecule has 0 saturated carbocycles. The number of nitrogens with one attached hydrogen (secondary N) is 3. The first-order valence-corrected chi connectivity index (χ1v) is 9.27. The van der Waals surface area contributed by atoms with Crippen molar-refractivity contribution in [3.8, 4) is 0 Å². The zero-order chi connectivity index (χ0) is 23.2. The van der Waals surface area contributed by atoms with Crippen LogP contribution in [0.4, 0.5) is 25.1 Å². The highest BCUT2D eigenvalue weighted by Crippen LogP contribution is 2.26. The summed E-state index contributed by atoms with van der Waals surface area (Å²) in [5.41, 5.74) is 4.88. The van der Waals surface area contributed by atoms with Crippen molar-refractivity contribution in [2.75, 3.05) is 17.7 Å². The summed E-state index contributed by atoms with van der Waals surface area (Å²) in [6, 6.07) is 8.60. The standard InChI is InChI=1S/C20H25F2N5O4/c1-20(2,30)17(11-6-4-3-5-7-11)27-19(29)26-15-8-12(23)16(13(9-28)25-15)18(24)31-10-14(21)22/h3-8,14,17,24,28,30H,9-10H2,1-2H3,(H4,23,25,26,27,29)/t17-/m0/s1. The average Bonchev–Trinajstić information content (AvgIpc) is 2.69. The summed E-state index contributed by atoms with van der Waals surface area (Å²) in [6.07, 6.45) is -2.79. The van der Waals surface area contributed by atoms with Crippen molar-refractivity contribution in [3.05, 3.63) is 53.2 Å². The van der Waals surface area contributed by atoms with Gasteiger partial charge in [-0.3, -0.25) is 10.7 Å². The van der Waals surface area contributed by atoms with E-state index in [9.17, 15) is 23.8 Å². The number of nitrogens with zero attached hydrogens (tertiary/aromatic N) is 1. The number of aliphatic hydroxyl groups is 2. The lowest BCUT2D eigenvalue weighted by Crippen LogP contribution is -2.44. The zero-order valence-electron chi connectivity index (χ0n) is 17.0. The molecule has 2 rings (SSSR count). The number of halogens is 2. The summed E-state index contributed by atoms with van der Waals surface area (Å²) >= 11 is 0. The summed E-state index contributed by atoms with van der Waals surface area (Å²) in [6.45, 7) is 1.41. The highest BCUT2D eigenvalue weighted by atomic mass is 19.3. The van der Waals surface area contributed by atoms with Crippen LogP contribution in [0.2, 0.25) is 0 Å². The lowest BCUT2D eigenvalue weighted by Gasteiger charge is -2.30. The molecule has 1 heterocycles. The Labute approximate surface area is 177 Å². The van der Waals surface area contributed by atoms with Crippen LogP contribution in [0.1, 0.15) is 36.7 Å². The Morgan fingerprint density at radius 1 is 1.32 bits per heavy atom. The van der Waals surface area contributed by atoms with Gasteiger partial charge in [0, 0.05) is 11.8 Å². The average molecular weight is 437 g/mol. The number of amides is 2. The molecule has 1 aromatic heterocycles. The van der Waals surface area contributed by atoms with Gasteiger partial charge >= 0.3 is 6.03 Å². The first kappa shape index (κ1) is 24.0. The SMILES string of the molecule is CC(C)(O)[C@@H](NC(=O)Nc1cc(N)c(C(=N)OCC(F)F)c(CO)n1)c1ccccc1. The summed E-state index contributed by atoms with van der Waals surface area (Å²) in [5, 5.41) is 32.9. The third-order valence-corrected chi connectivity index (χ3v) is 4.21. The Hall–Kier alpha value is -3.31. The number of pyridine rings is 1. The molecule has 9 nitrogen and oxygen atoms in total. The molecule has 0 bridgehead atoms. The maximum atomic E-state index is 12.5. The third-order valence-electron chi connectivity index (χ3n) is 4.21. The Morgan fingerprint density at radius 3 is 2.52 bits per heavy atom. The van der Waals surface area contributed by atoms with E-state index in [2.05, 4.69) is 20.4 Å². The number of rotatable bonds is 8. The van der Waals surface area contributed by atoms with Gasteiger partial charge in [-0.15, -0.1) is 0 Å². The first-order valence-electron chi connectivity index (χ1n) is 9.27. The molecule has 1 atom stereocenters. The molecule has 0 spiro atoms. The molecule has 11 heteroatoms. The maximum absolute atomic E-state index is 12.5. The Morgan fingerprint density at radius 2 is 1.97 bits per heavy atom. The van der Waals surface area contributed by atoms with Crippen molar-refractivity contribution >= 4 is 23.4 Å². The highest BCUT2D eigenvalue weighted by molar-refractivity contribution is 5.99. The summed E-state index contributed by atoms with van der Waals surface area (Å²) < 4.78 is 29.3. The van der Waals surface area contributed by atoms with Crippen LogP contribution in [0.25, 0.3) is 0 Å². The minimum atomic E-state index is -2.79. The van der Waals surface area contributed by atoms with E-state index in [1.54, 1.807) is 44.2 Å². The van der Waals surface area contributed by atoms with Crippen molar-refractivity contribution in [2.45, 2.75) is 38.5 Å². The molecule has 0 radical (unpaired) electrons. The van der Waals surface area contributed by atoms with E-state index in [4.69, 9.17) is 11.1 Å². The number of benzene rings is 1. The van der Waals surface area contributed by atoms with Crippen molar-refractivity contribution in [1.82, 2.24) is 10.3 Å². The Kier molecular flexibility index (Phi) is 7.83. The van der Waals surface area contributed by atoms with Crippen LogP contribution in [0.3, 0.4) is 0 Å². The maximum Gasteiger partial charge on any atom is 0.320 e. The topological polar surface area (TPSA) is 154 Å². The number of urea groups is 1. The molecule has 168 valence electrons. The van der Waals surface area contributed by atoms with Crippen molar-refractivity contribution in [2.24, 2.45) is 0 Å². The molecule has 0 unspecified atom stereocenters. The number of anilines is 2. The van der Waals surface area contributed by atoms with Gasteiger partial charge in [-0.1, -0.05) is 30.3 Å². The van der Waals surface area contributed by atoms with E-state index in [0.29, 0.717) is 5.56 Å². The number of nitrogens with two attached hydrogens (primary N) is 1. The van der Waals surface area contributed by atoms with Crippen LogP contribution >= 0.6 is 0 Å². The molecule has 0 saturated heterocycles. The predicted octanol–water partition coefficient (Wildman–Crippen LogP) is 2.40. The number of aromatic nitrogens is 1. The molecule has 0 fully saturated rings.